The fraction of sp³-hybridized carbons (Fsp3) is 0.346. The molecule has 1 aliphatic heterocycles. The molecule has 0 aliphatic carbocycles. The van der Waals surface area contributed by atoms with E-state index in [0.29, 0.717) is 24.9 Å². The first kappa shape index (κ1) is 28.4. The monoisotopic (exact) mass is 559 g/mol. The zero-order valence-corrected chi connectivity index (χ0v) is 22.0. The second-order valence-electron chi connectivity index (χ2n) is 10.2. The zero-order chi connectivity index (χ0) is 29.4. The number of nitrogen functional groups attached to an aromatic ring is 1. The first-order valence-corrected chi connectivity index (χ1v) is 12.3. The number of amides is 3. The standard InChI is InChI=1S/C26H28F3N7O4/c1-25(2,3)40-24(39)35-12-4-5-17(35)22-34-19(20(21(30)37)36(22)31)14-6-8-15(9-7-14)23(38)33-18-13-16(10-11-32-18)26(27,28)29/h6-11,13,17H,4-5,12,31H2,1-3H3,(H2,30,37)(H,32,33,38). The summed E-state index contributed by atoms with van der Waals surface area (Å²) in [7, 11) is 0. The average Bonchev–Trinajstić information content (AvgIpc) is 3.47. The Morgan fingerprint density at radius 2 is 1.77 bits per heavy atom. The molecule has 212 valence electrons. The highest BCUT2D eigenvalue weighted by atomic mass is 19.4. The lowest BCUT2D eigenvalue weighted by Gasteiger charge is -2.28. The van der Waals surface area contributed by atoms with Gasteiger partial charge >= 0.3 is 12.3 Å². The van der Waals surface area contributed by atoms with Gasteiger partial charge in [0.25, 0.3) is 11.8 Å². The Labute approximate surface area is 227 Å². The maximum atomic E-state index is 13.0. The molecule has 40 heavy (non-hydrogen) atoms. The van der Waals surface area contributed by atoms with Crippen molar-refractivity contribution in [2.45, 2.75) is 51.4 Å². The van der Waals surface area contributed by atoms with Crippen LogP contribution in [0.2, 0.25) is 0 Å². The van der Waals surface area contributed by atoms with Crippen molar-refractivity contribution in [2.75, 3.05) is 17.7 Å². The minimum absolute atomic E-state index is 0.101. The number of anilines is 1. The Kier molecular flexibility index (Phi) is 7.46. The van der Waals surface area contributed by atoms with Crippen LogP contribution in [0, 0.1) is 0 Å². The lowest BCUT2D eigenvalue weighted by molar-refractivity contribution is -0.137. The Bertz CT molecular complexity index is 1450. The van der Waals surface area contributed by atoms with E-state index < -0.39 is 41.3 Å². The number of nitrogens with zero attached hydrogens (tertiary/aromatic N) is 4. The summed E-state index contributed by atoms with van der Waals surface area (Å²) in [5.74, 6) is 4.67. The Morgan fingerprint density at radius 1 is 1.10 bits per heavy atom. The molecule has 1 fully saturated rings. The SMILES string of the molecule is CC(C)(C)OC(=O)N1CCCC1c1nc(-c2ccc(C(=O)Nc3cc(C(F)(F)F)ccn3)cc2)c(C(N)=O)n1N. The van der Waals surface area contributed by atoms with Crippen LogP contribution in [0.4, 0.5) is 23.8 Å². The number of likely N-dealkylation sites (tertiary alicyclic amines) is 1. The molecule has 1 unspecified atom stereocenters. The number of carbonyl (C=O) groups excluding carboxylic acids is 3. The Balaban J connectivity index is 1.60. The van der Waals surface area contributed by atoms with Crippen LogP contribution in [-0.2, 0) is 10.9 Å². The summed E-state index contributed by atoms with van der Waals surface area (Å²) in [5, 5.41) is 2.33. The van der Waals surface area contributed by atoms with Crippen LogP contribution in [0.1, 0.15) is 71.9 Å². The Hall–Kier alpha value is -4.62. The molecule has 4 rings (SSSR count). The summed E-state index contributed by atoms with van der Waals surface area (Å²) in [6, 6.07) is 6.76. The summed E-state index contributed by atoms with van der Waals surface area (Å²) in [5.41, 5.74) is 4.51. The van der Waals surface area contributed by atoms with Crippen molar-refractivity contribution in [3.63, 3.8) is 0 Å². The molecule has 3 amide bonds. The number of ether oxygens (including phenoxy) is 1. The summed E-state index contributed by atoms with van der Waals surface area (Å²) < 4.78 is 45.5. The molecule has 2 aromatic heterocycles. The number of nitrogens with one attached hydrogen (secondary N) is 1. The zero-order valence-electron chi connectivity index (χ0n) is 22.0. The van der Waals surface area contributed by atoms with Gasteiger partial charge in [0.2, 0.25) is 0 Å². The second-order valence-corrected chi connectivity index (χ2v) is 10.2. The molecule has 14 heteroatoms. The lowest BCUT2D eigenvalue weighted by Crippen LogP contribution is -2.38. The van der Waals surface area contributed by atoms with Crippen LogP contribution in [-0.4, -0.2) is 49.6 Å². The number of imidazole rings is 1. The number of rotatable bonds is 5. The van der Waals surface area contributed by atoms with Gasteiger partial charge in [-0.15, -0.1) is 0 Å². The number of primary amides is 1. The predicted octanol–water partition coefficient (Wildman–Crippen LogP) is 4.10. The third-order valence-corrected chi connectivity index (χ3v) is 6.10. The van der Waals surface area contributed by atoms with E-state index in [-0.39, 0.29) is 28.6 Å². The van der Waals surface area contributed by atoms with E-state index in [2.05, 4.69) is 15.3 Å². The molecule has 1 aliphatic rings. The van der Waals surface area contributed by atoms with Gasteiger partial charge in [0.05, 0.1) is 11.6 Å². The van der Waals surface area contributed by atoms with Crippen LogP contribution in [0.5, 0.6) is 0 Å². The van der Waals surface area contributed by atoms with Crippen LogP contribution < -0.4 is 16.9 Å². The highest BCUT2D eigenvalue weighted by Crippen LogP contribution is 2.35. The van der Waals surface area contributed by atoms with Crippen molar-refractivity contribution in [3.8, 4) is 11.3 Å². The largest absolute Gasteiger partial charge is 0.444 e. The summed E-state index contributed by atoms with van der Waals surface area (Å²) in [4.78, 5) is 47.6. The predicted molar refractivity (Wildman–Crippen MR) is 138 cm³/mol. The number of hydrogen-bond acceptors (Lipinski definition) is 7. The highest BCUT2D eigenvalue weighted by Gasteiger charge is 2.37. The molecule has 11 nitrogen and oxygen atoms in total. The number of halogens is 3. The summed E-state index contributed by atoms with van der Waals surface area (Å²) in [6.45, 7) is 5.67. The molecule has 0 spiro atoms. The third kappa shape index (κ3) is 6.00. The van der Waals surface area contributed by atoms with E-state index in [1.165, 1.54) is 29.2 Å². The molecule has 0 radical (unpaired) electrons. The van der Waals surface area contributed by atoms with Gasteiger partial charge < -0.3 is 21.6 Å². The number of alkyl halides is 3. The maximum absolute atomic E-state index is 13.0. The van der Waals surface area contributed by atoms with E-state index in [9.17, 15) is 27.6 Å². The number of nitrogens with two attached hydrogens (primary N) is 2. The minimum Gasteiger partial charge on any atom is -0.444 e. The van der Waals surface area contributed by atoms with Crippen LogP contribution in [0.3, 0.4) is 0 Å². The van der Waals surface area contributed by atoms with Gasteiger partial charge in [0.15, 0.2) is 11.5 Å². The van der Waals surface area contributed by atoms with Gasteiger partial charge in [-0.3, -0.25) is 14.5 Å². The lowest BCUT2D eigenvalue weighted by atomic mass is 10.1. The van der Waals surface area contributed by atoms with E-state index in [4.69, 9.17) is 16.3 Å². The number of hydrogen-bond donors (Lipinski definition) is 3. The van der Waals surface area contributed by atoms with Crippen LogP contribution in [0.25, 0.3) is 11.3 Å². The number of aromatic nitrogens is 3. The number of pyridine rings is 1. The maximum Gasteiger partial charge on any atom is 0.416 e. The molecule has 0 saturated carbocycles. The fourth-order valence-electron chi connectivity index (χ4n) is 4.34. The van der Waals surface area contributed by atoms with Gasteiger partial charge in [0, 0.05) is 23.9 Å². The number of benzene rings is 1. The molecular formula is C26H28F3N7O4. The first-order valence-electron chi connectivity index (χ1n) is 12.3. The van der Waals surface area contributed by atoms with Gasteiger partial charge in [-0.2, -0.15) is 13.2 Å². The van der Waals surface area contributed by atoms with Crippen molar-refractivity contribution < 1.29 is 32.3 Å². The van der Waals surface area contributed by atoms with Gasteiger partial charge in [0.1, 0.15) is 17.1 Å². The van der Waals surface area contributed by atoms with E-state index in [1.807, 2.05) is 0 Å². The Morgan fingerprint density at radius 3 is 2.38 bits per heavy atom. The summed E-state index contributed by atoms with van der Waals surface area (Å²) in [6.07, 6.45) is -2.97. The normalized spacial score (nSPS) is 15.7. The van der Waals surface area contributed by atoms with Crippen molar-refractivity contribution in [2.24, 2.45) is 5.73 Å². The smallest absolute Gasteiger partial charge is 0.416 e. The molecule has 0 bridgehead atoms. The highest BCUT2D eigenvalue weighted by molar-refractivity contribution is 6.04. The molecule has 3 heterocycles. The van der Waals surface area contributed by atoms with Crippen LogP contribution in [0.15, 0.2) is 42.6 Å². The van der Waals surface area contributed by atoms with Crippen molar-refractivity contribution in [3.05, 3.63) is 65.2 Å². The van der Waals surface area contributed by atoms with Crippen molar-refractivity contribution >= 4 is 23.7 Å². The van der Waals surface area contributed by atoms with Gasteiger partial charge in [-0.1, -0.05) is 12.1 Å². The van der Waals surface area contributed by atoms with E-state index in [1.54, 1.807) is 20.8 Å². The molecule has 1 aromatic carbocycles. The van der Waals surface area contributed by atoms with Gasteiger partial charge in [-0.05, 0) is 57.9 Å². The molecular weight excluding hydrogens is 531 g/mol. The first-order chi connectivity index (χ1) is 18.7. The topological polar surface area (TPSA) is 158 Å². The quantitative estimate of drug-likeness (QED) is 0.397. The molecule has 1 atom stereocenters. The molecule has 1 saturated heterocycles. The summed E-state index contributed by atoms with van der Waals surface area (Å²) >= 11 is 0. The minimum atomic E-state index is -4.59. The molecule has 5 N–H and O–H groups in total. The molecule has 3 aromatic rings. The average molecular weight is 560 g/mol. The second kappa shape index (κ2) is 10.5. The van der Waals surface area contributed by atoms with Crippen LogP contribution >= 0.6 is 0 Å². The van der Waals surface area contributed by atoms with E-state index in [0.717, 1.165) is 23.0 Å². The third-order valence-electron chi connectivity index (χ3n) is 6.10. The van der Waals surface area contributed by atoms with Gasteiger partial charge in [-0.25, -0.2) is 19.4 Å². The fourth-order valence-corrected chi connectivity index (χ4v) is 4.34. The van der Waals surface area contributed by atoms with Crippen molar-refractivity contribution in [1.29, 1.82) is 0 Å². The number of carbonyl (C=O) groups is 3. The van der Waals surface area contributed by atoms with Crippen molar-refractivity contribution in [1.82, 2.24) is 19.5 Å². The van der Waals surface area contributed by atoms with E-state index >= 15 is 0 Å².